The summed E-state index contributed by atoms with van der Waals surface area (Å²) in [6.45, 7) is 8.36. The van der Waals surface area contributed by atoms with Crippen molar-refractivity contribution in [2.45, 2.75) is 32.8 Å². The average Bonchev–Trinajstić information content (AvgIpc) is 2.68. The monoisotopic (exact) mass is 396 g/mol. The molecule has 1 heterocycles. The van der Waals surface area contributed by atoms with Crippen LogP contribution >= 0.6 is 0 Å². The van der Waals surface area contributed by atoms with Gasteiger partial charge in [0.2, 0.25) is 0 Å². The number of aromatic carboxylic acids is 1. The molecule has 1 N–H and O–H groups in total. The zero-order valence-corrected chi connectivity index (χ0v) is 17.2. The Hall–Kier alpha value is -3.02. The van der Waals surface area contributed by atoms with Gasteiger partial charge in [0, 0.05) is 31.9 Å². The number of benzene rings is 2. The van der Waals surface area contributed by atoms with Crippen LogP contribution in [0.4, 0.5) is 10.5 Å². The minimum absolute atomic E-state index is 0.260. The van der Waals surface area contributed by atoms with Crippen LogP contribution in [-0.2, 0) is 11.2 Å². The lowest BCUT2D eigenvalue weighted by atomic mass is 10.0. The predicted molar refractivity (Wildman–Crippen MR) is 113 cm³/mol. The van der Waals surface area contributed by atoms with E-state index in [1.54, 1.807) is 17.0 Å². The first-order valence-corrected chi connectivity index (χ1v) is 9.86. The second-order valence-electron chi connectivity index (χ2n) is 8.26. The van der Waals surface area contributed by atoms with Crippen LogP contribution in [0.5, 0.6) is 0 Å². The summed E-state index contributed by atoms with van der Waals surface area (Å²) < 4.78 is 5.47. The van der Waals surface area contributed by atoms with Gasteiger partial charge in [-0.25, -0.2) is 9.59 Å². The van der Waals surface area contributed by atoms with Crippen LogP contribution in [0.1, 0.15) is 42.3 Å². The standard InChI is InChI=1S/C23H28N2O4/c1-23(2,3)29-22(28)25-14-12-24(13-15-25)20-7-5-4-6-19(20)16-17-8-10-18(11-9-17)21(26)27/h4-11H,12-16H2,1-3H3,(H,26,27). The predicted octanol–water partition coefficient (Wildman–Crippen LogP) is 4.03. The highest BCUT2D eigenvalue weighted by molar-refractivity contribution is 5.87. The third-order valence-electron chi connectivity index (χ3n) is 4.86. The molecule has 1 aliphatic rings. The first-order chi connectivity index (χ1) is 13.7. The van der Waals surface area contributed by atoms with Gasteiger partial charge in [-0.15, -0.1) is 0 Å². The Morgan fingerprint density at radius 3 is 2.17 bits per heavy atom. The molecular weight excluding hydrogens is 368 g/mol. The van der Waals surface area contributed by atoms with Crippen molar-refractivity contribution in [2.24, 2.45) is 0 Å². The van der Waals surface area contributed by atoms with Gasteiger partial charge in [0.05, 0.1) is 5.56 Å². The Bertz CT molecular complexity index is 863. The van der Waals surface area contributed by atoms with E-state index in [2.05, 4.69) is 17.0 Å². The SMILES string of the molecule is CC(C)(C)OC(=O)N1CCN(c2ccccc2Cc2ccc(C(=O)O)cc2)CC1. The molecule has 0 aromatic heterocycles. The van der Waals surface area contributed by atoms with Gasteiger partial charge >= 0.3 is 12.1 Å². The van der Waals surface area contributed by atoms with E-state index < -0.39 is 11.6 Å². The fourth-order valence-electron chi connectivity index (χ4n) is 3.41. The second-order valence-corrected chi connectivity index (χ2v) is 8.26. The average molecular weight is 396 g/mol. The molecule has 0 radical (unpaired) electrons. The van der Waals surface area contributed by atoms with Crippen molar-refractivity contribution in [3.8, 4) is 0 Å². The highest BCUT2D eigenvalue weighted by atomic mass is 16.6. The molecule has 3 rings (SSSR count). The second kappa shape index (κ2) is 8.55. The van der Waals surface area contributed by atoms with E-state index in [9.17, 15) is 9.59 Å². The Morgan fingerprint density at radius 2 is 1.59 bits per heavy atom. The summed E-state index contributed by atoms with van der Waals surface area (Å²) in [6.07, 6.45) is 0.464. The minimum Gasteiger partial charge on any atom is -0.478 e. The fraction of sp³-hybridized carbons (Fsp3) is 0.391. The number of anilines is 1. The van der Waals surface area contributed by atoms with Crippen molar-refractivity contribution in [3.63, 3.8) is 0 Å². The van der Waals surface area contributed by atoms with Gasteiger partial charge in [-0.05, 0) is 56.5 Å². The highest BCUT2D eigenvalue weighted by Crippen LogP contribution is 2.25. The molecule has 1 amide bonds. The van der Waals surface area contributed by atoms with Crippen LogP contribution in [0.15, 0.2) is 48.5 Å². The summed E-state index contributed by atoms with van der Waals surface area (Å²) >= 11 is 0. The summed E-state index contributed by atoms with van der Waals surface area (Å²) in [5.74, 6) is -0.917. The molecule has 1 aliphatic heterocycles. The molecule has 1 saturated heterocycles. The van der Waals surface area contributed by atoms with Gasteiger partial charge < -0.3 is 19.6 Å². The molecule has 0 unspecified atom stereocenters. The Kier molecular flexibility index (Phi) is 6.11. The van der Waals surface area contributed by atoms with Crippen molar-refractivity contribution >= 4 is 17.7 Å². The summed E-state index contributed by atoms with van der Waals surface area (Å²) in [5.41, 5.74) is 3.20. The molecule has 29 heavy (non-hydrogen) atoms. The summed E-state index contributed by atoms with van der Waals surface area (Å²) in [4.78, 5) is 27.4. The number of nitrogens with zero attached hydrogens (tertiary/aromatic N) is 2. The van der Waals surface area contributed by atoms with Gasteiger partial charge in [0.15, 0.2) is 0 Å². The van der Waals surface area contributed by atoms with Gasteiger partial charge in [-0.1, -0.05) is 30.3 Å². The number of hydrogen-bond acceptors (Lipinski definition) is 4. The number of para-hydroxylation sites is 1. The molecule has 2 aromatic rings. The van der Waals surface area contributed by atoms with Crippen LogP contribution in [0.3, 0.4) is 0 Å². The smallest absolute Gasteiger partial charge is 0.410 e. The van der Waals surface area contributed by atoms with Crippen molar-refractivity contribution in [1.29, 1.82) is 0 Å². The molecule has 1 fully saturated rings. The number of carbonyl (C=O) groups excluding carboxylic acids is 1. The van der Waals surface area contributed by atoms with E-state index in [4.69, 9.17) is 9.84 Å². The number of hydrogen-bond donors (Lipinski definition) is 1. The highest BCUT2D eigenvalue weighted by Gasteiger charge is 2.26. The maximum absolute atomic E-state index is 12.3. The van der Waals surface area contributed by atoms with E-state index in [1.165, 1.54) is 5.56 Å². The number of amides is 1. The summed E-state index contributed by atoms with van der Waals surface area (Å²) in [6, 6.07) is 15.2. The third kappa shape index (κ3) is 5.50. The lowest BCUT2D eigenvalue weighted by molar-refractivity contribution is 0.0240. The van der Waals surface area contributed by atoms with Gasteiger partial charge in [0.25, 0.3) is 0 Å². The lowest BCUT2D eigenvalue weighted by Gasteiger charge is -2.37. The third-order valence-corrected chi connectivity index (χ3v) is 4.86. The van der Waals surface area contributed by atoms with Crippen LogP contribution in [0.25, 0.3) is 0 Å². The van der Waals surface area contributed by atoms with Gasteiger partial charge in [-0.3, -0.25) is 0 Å². The van der Waals surface area contributed by atoms with E-state index >= 15 is 0 Å². The molecule has 0 bridgehead atoms. The summed E-state index contributed by atoms with van der Waals surface area (Å²) in [7, 11) is 0. The maximum Gasteiger partial charge on any atom is 0.410 e. The minimum atomic E-state index is -0.917. The van der Waals surface area contributed by atoms with Crippen LogP contribution in [0, 0.1) is 0 Å². The van der Waals surface area contributed by atoms with E-state index in [0.29, 0.717) is 18.7 Å². The van der Waals surface area contributed by atoms with E-state index in [1.807, 2.05) is 45.0 Å². The van der Waals surface area contributed by atoms with Gasteiger partial charge in [0.1, 0.15) is 5.60 Å². The lowest BCUT2D eigenvalue weighted by Crippen LogP contribution is -2.50. The Morgan fingerprint density at radius 1 is 0.966 bits per heavy atom. The molecule has 6 heteroatoms. The first-order valence-electron chi connectivity index (χ1n) is 9.86. The first kappa shape index (κ1) is 20.7. The van der Waals surface area contributed by atoms with E-state index in [0.717, 1.165) is 30.8 Å². The number of ether oxygens (including phenoxy) is 1. The van der Waals surface area contributed by atoms with Crippen LogP contribution in [0.2, 0.25) is 0 Å². The van der Waals surface area contributed by atoms with Crippen LogP contribution < -0.4 is 4.90 Å². The largest absolute Gasteiger partial charge is 0.478 e. The molecule has 154 valence electrons. The van der Waals surface area contributed by atoms with Crippen molar-refractivity contribution < 1.29 is 19.4 Å². The molecule has 0 aliphatic carbocycles. The van der Waals surface area contributed by atoms with Crippen molar-refractivity contribution in [2.75, 3.05) is 31.1 Å². The van der Waals surface area contributed by atoms with E-state index in [-0.39, 0.29) is 6.09 Å². The molecular formula is C23H28N2O4. The van der Waals surface area contributed by atoms with Crippen LogP contribution in [-0.4, -0.2) is 53.8 Å². The molecule has 0 spiro atoms. The normalized spacial score (nSPS) is 14.6. The topological polar surface area (TPSA) is 70.1 Å². The summed E-state index contributed by atoms with van der Waals surface area (Å²) in [5, 5.41) is 9.06. The number of carbonyl (C=O) groups is 2. The van der Waals surface area contributed by atoms with Gasteiger partial charge in [-0.2, -0.15) is 0 Å². The van der Waals surface area contributed by atoms with Crippen molar-refractivity contribution in [1.82, 2.24) is 4.90 Å². The number of carboxylic acids is 1. The number of piperazine rings is 1. The number of carboxylic acid groups (broad SMARTS) is 1. The Labute approximate surface area is 171 Å². The molecule has 0 saturated carbocycles. The Balaban J connectivity index is 1.67. The maximum atomic E-state index is 12.3. The zero-order valence-electron chi connectivity index (χ0n) is 17.2. The zero-order chi connectivity index (χ0) is 21.0. The molecule has 2 aromatic carbocycles. The number of rotatable bonds is 4. The quantitative estimate of drug-likeness (QED) is 0.845. The van der Waals surface area contributed by atoms with Crippen molar-refractivity contribution in [3.05, 3.63) is 65.2 Å². The fourth-order valence-corrected chi connectivity index (χ4v) is 3.41. The molecule has 0 atom stereocenters. The molecule has 6 nitrogen and oxygen atoms in total.